The van der Waals surface area contributed by atoms with Crippen LogP contribution in [0.1, 0.15) is 31.9 Å². The summed E-state index contributed by atoms with van der Waals surface area (Å²) in [5, 5.41) is 13.7. The summed E-state index contributed by atoms with van der Waals surface area (Å²) in [5.74, 6) is 0.766. The fourth-order valence-electron chi connectivity index (χ4n) is 3.95. The second-order valence-corrected chi connectivity index (χ2v) is 15.1. The summed E-state index contributed by atoms with van der Waals surface area (Å²) in [7, 11) is -0.542. The number of hydrogen-bond acceptors (Lipinski definition) is 4. The maximum atomic E-state index is 13.2. The second kappa shape index (κ2) is 10.3. The number of benzene rings is 2. The van der Waals surface area contributed by atoms with Gasteiger partial charge >= 0.3 is 6.03 Å². The maximum Gasteiger partial charge on any atom is 0.318 e. The number of hydrogen-bond donors (Lipinski definition) is 2. The van der Waals surface area contributed by atoms with Gasteiger partial charge in [0.25, 0.3) is 0 Å². The van der Waals surface area contributed by atoms with Crippen molar-refractivity contribution in [2.24, 2.45) is 0 Å². The predicted molar refractivity (Wildman–Crippen MR) is 134 cm³/mol. The van der Waals surface area contributed by atoms with E-state index >= 15 is 0 Å². The molecule has 7 heteroatoms. The standard InChI is InChI=1S/C26H38N2O4Si/c1-26(2,3)33(5,6)32-24-22(16-19-10-8-7-9-11-19)27-25(30)28(23(24)18-29)17-20-12-14-21(31-4)15-13-20/h7-15,22-24,29H,16-18H2,1-6H3,(H,27,30)/t22-,23-,24+/m1/s1. The molecular weight excluding hydrogens is 432 g/mol. The van der Waals surface area contributed by atoms with Crippen molar-refractivity contribution in [3.05, 3.63) is 65.7 Å². The van der Waals surface area contributed by atoms with Gasteiger partial charge in [-0.25, -0.2) is 4.79 Å². The fourth-order valence-corrected chi connectivity index (χ4v) is 5.31. The monoisotopic (exact) mass is 470 g/mol. The first kappa shape index (κ1) is 25.3. The van der Waals surface area contributed by atoms with Crippen LogP contribution in [0.4, 0.5) is 4.79 Å². The van der Waals surface area contributed by atoms with Crippen LogP contribution in [0.25, 0.3) is 0 Å². The molecule has 1 aliphatic heterocycles. The largest absolute Gasteiger partial charge is 0.497 e. The van der Waals surface area contributed by atoms with E-state index < -0.39 is 14.4 Å². The Balaban J connectivity index is 1.91. The highest BCUT2D eigenvalue weighted by atomic mass is 28.4. The Morgan fingerprint density at radius 3 is 2.21 bits per heavy atom. The Morgan fingerprint density at radius 2 is 1.67 bits per heavy atom. The van der Waals surface area contributed by atoms with Crippen molar-refractivity contribution < 1.29 is 19.1 Å². The van der Waals surface area contributed by atoms with Crippen molar-refractivity contribution >= 4 is 14.3 Å². The molecule has 3 rings (SSSR count). The molecule has 1 aliphatic rings. The van der Waals surface area contributed by atoms with Crippen LogP contribution in [0.5, 0.6) is 5.75 Å². The summed E-state index contributed by atoms with van der Waals surface area (Å²) in [6.07, 6.45) is 0.325. The first-order chi connectivity index (χ1) is 15.6. The average Bonchev–Trinajstić information content (AvgIpc) is 2.77. The van der Waals surface area contributed by atoms with E-state index in [1.165, 1.54) is 0 Å². The zero-order valence-corrected chi connectivity index (χ0v) is 21.7. The van der Waals surface area contributed by atoms with Gasteiger partial charge < -0.3 is 24.5 Å². The molecule has 0 bridgehead atoms. The Morgan fingerprint density at radius 1 is 1.03 bits per heavy atom. The van der Waals surface area contributed by atoms with Gasteiger partial charge in [-0.05, 0) is 47.8 Å². The van der Waals surface area contributed by atoms with Crippen molar-refractivity contribution in [1.82, 2.24) is 10.2 Å². The van der Waals surface area contributed by atoms with E-state index in [1.807, 2.05) is 42.5 Å². The van der Waals surface area contributed by atoms with Crippen molar-refractivity contribution in [2.45, 2.75) is 70.1 Å². The van der Waals surface area contributed by atoms with E-state index in [9.17, 15) is 9.90 Å². The van der Waals surface area contributed by atoms with Gasteiger partial charge in [-0.1, -0.05) is 63.2 Å². The lowest BCUT2D eigenvalue weighted by Crippen LogP contribution is -2.68. The van der Waals surface area contributed by atoms with Crippen LogP contribution in [0.2, 0.25) is 18.1 Å². The van der Waals surface area contributed by atoms with Crippen LogP contribution in [0, 0.1) is 0 Å². The van der Waals surface area contributed by atoms with E-state index in [1.54, 1.807) is 12.0 Å². The van der Waals surface area contributed by atoms with E-state index in [0.717, 1.165) is 16.9 Å². The average molecular weight is 471 g/mol. The van der Waals surface area contributed by atoms with Gasteiger partial charge in [-0.3, -0.25) is 0 Å². The topological polar surface area (TPSA) is 71.0 Å². The number of amides is 2. The number of aliphatic hydroxyl groups is 1. The number of carbonyl (C=O) groups is 1. The van der Waals surface area contributed by atoms with Crippen molar-refractivity contribution in [2.75, 3.05) is 13.7 Å². The van der Waals surface area contributed by atoms with E-state index in [2.05, 4.69) is 51.3 Å². The number of aliphatic hydroxyl groups excluding tert-OH is 1. The molecule has 0 spiro atoms. The molecular formula is C26H38N2O4Si. The van der Waals surface area contributed by atoms with Crippen LogP contribution < -0.4 is 10.1 Å². The summed E-state index contributed by atoms with van der Waals surface area (Å²) in [6.45, 7) is 11.3. The summed E-state index contributed by atoms with van der Waals surface area (Å²) < 4.78 is 12.1. The molecule has 1 fully saturated rings. The highest BCUT2D eigenvalue weighted by Gasteiger charge is 2.47. The zero-order valence-electron chi connectivity index (χ0n) is 20.7. The first-order valence-electron chi connectivity index (χ1n) is 11.6. The highest BCUT2D eigenvalue weighted by Crippen LogP contribution is 2.39. The highest BCUT2D eigenvalue weighted by molar-refractivity contribution is 6.74. The molecule has 1 saturated heterocycles. The van der Waals surface area contributed by atoms with Crippen molar-refractivity contribution in [3.63, 3.8) is 0 Å². The Hall–Kier alpha value is -2.35. The second-order valence-electron chi connectivity index (χ2n) is 10.3. The molecule has 0 unspecified atom stereocenters. The van der Waals surface area contributed by atoms with Gasteiger partial charge in [-0.2, -0.15) is 0 Å². The molecule has 0 aliphatic carbocycles. The normalized spacial score (nSPS) is 21.6. The molecule has 33 heavy (non-hydrogen) atoms. The Bertz CT molecular complexity index is 912. The Labute approximate surface area is 199 Å². The third-order valence-corrected chi connectivity index (χ3v) is 11.5. The van der Waals surface area contributed by atoms with Crippen LogP contribution in [-0.2, 0) is 17.4 Å². The van der Waals surface area contributed by atoms with Gasteiger partial charge in [0.15, 0.2) is 8.32 Å². The molecule has 0 aromatic heterocycles. The lowest BCUT2D eigenvalue weighted by molar-refractivity contribution is -0.00454. The number of urea groups is 1. The number of rotatable bonds is 8. The fraction of sp³-hybridized carbons (Fsp3) is 0.500. The summed E-state index contributed by atoms with van der Waals surface area (Å²) >= 11 is 0. The van der Waals surface area contributed by atoms with Crippen LogP contribution in [0.3, 0.4) is 0 Å². The minimum absolute atomic E-state index is 0.00652. The van der Waals surface area contributed by atoms with Gasteiger partial charge in [0.2, 0.25) is 0 Å². The lowest BCUT2D eigenvalue weighted by Gasteiger charge is -2.49. The molecule has 2 amide bonds. The molecule has 6 nitrogen and oxygen atoms in total. The van der Waals surface area contributed by atoms with Crippen molar-refractivity contribution in [1.29, 1.82) is 0 Å². The number of nitrogens with zero attached hydrogens (tertiary/aromatic N) is 1. The predicted octanol–water partition coefficient (Wildman–Crippen LogP) is 4.58. The van der Waals surface area contributed by atoms with E-state index in [0.29, 0.717) is 13.0 Å². The van der Waals surface area contributed by atoms with Gasteiger partial charge in [-0.15, -0.1) is 0 Å². The quantitative estimate of drug-likeness (QED) is 0.554. The maximum absolute atomic E-state index is 13.2. The van der Waals surface area contributed by atoms with Gasteiger partial charge in [0, 0.05) is 6.54 Å². The van der Waals surface area contributed by atoms with Crippen molar-refractivity contribution in [3.8, 4) is 5.75 Å². The summed E-state index contributed by atoms with van der Waals surface area (Å²) in [4.78, 5) is 14.9. The minimum Gasteiger partial charge on any atom is -0.497 e. The minimum atomic E-state index is -2.17. The lowest BCUT2D eigenvalue weighted by atomic mass is 9.93. The number of carbonyl (C=O) groups excluding carboxylic acids is 1. The van der Waals surface area contributed by atoms with Gasteiger partial charge in [0.1, 0.15) is 5.75 Å². The molecule has 180 valence electrons. The molecule has 2 aromatic carbocycles. The van der Waals surface area contributed by atoms with Crippen LogP contribution in [0.15, 0.2) is 54.6 Å². The first-order valence-corrected chi connectivity index (χ1v) is 14.5. The molecule has 1 heterocycles. The smallest absolute Gasteiger partial charge is 0.318 e. The van der Waals surface area contributed by atoms with E-state index in [4.69, 9.17) is 9.16 Å². The number of nitrogens with one attached hydrogen (secondary N) is 1. The molecule has 3 atom stereocenters. The molecule has 2 aromatic rings. The third kappa shape index (κ3) is 5.96. The van der Waals surface area contributed by atoms with Crippen LogP contribution in [-0.4, -0.2) is 56.3 Å². The summed E-state index contributed by atoms with van der Waals surface area (Å²) in [6, 6.07) is 16.9. The Kier molecular flexibility index (Phi) is 7.87. The van der Waals surface area contributed by atoms with Gasteiger partial charge in [0.05, 0.1) is 31.9 Å². The third-order valence-electron chi connectivity index (χ3n) is 6.98. The number of ether oxygens (including phenoxy) is 1. The zero-order chi connectivity index (χ0) is 24.2. The SMILES string of the molecule is COc1ccc(CN2C(=O)N[C@H](Cc3ccccc3)[C@H](O[Si](C)(C)C(C)(C)C)[C@H]2CO)cc1. The van der Waals surface area contributed by atoms with Crippen LogP contribution >= 0.6 is 0 Å². The molecule has 2 N–H and O–H groups in total. The van der Waals surface area contributed by atoms with E-state index in [-0.39, 0.29) is 29.8 Å². The molecule has 0 radical (unpaired) electrons. The number of methoxy groups -OCH3 is 1. The molecule has 0 saturated carbocycles. The summed E-state index contributed by atoms with van der Waals surface area (Å²) in [5.41, 5.74) is 2.10.